The van der Waals surface area contributed by atoms with E-state index in [1.165, 1.54) is 8.99 Å². The molecule has 0 radical (unpaired) electrons. The molecular weight excluding hydrogens is 252 g/mol. The van der Waals surface area contributed by atoms with Crippen molar-refractivity contribution in [3.05, 3.63) is 18.3 Å². The van der Waals surface area contributed by atoms with Crippen molar-refractivity contribution in [2.24, 2.45) is 7.05 Å². The Morgan fingerprint density at radius 2 is 2.11 bits per heavy atom. The summed E-state index contributed by atoms with van der Waals surface area (Å²) in [5.74, 6) is 0.0321. The third-order valence-electron chi connectivity index (χ3n) is 2.76. The Morgan fingerprint density at radius 1 is 1.56 bits per heavy atom. The van der Waals surface area contributed by atoms with E-state index in [-0.39, 0.29) is 23.3 Å². The standard InChI is InChI=1S/C11H20N4O2S/c1-6-7-15(8(2)3)18(16,17)10-9(4)14(5)13-11(10)12/h6,8H,1,7H2,2-5H3,(H2,12,13). The van der Waals surface area contributed by atoms with Crippen molar-refractivity contribution in [3.63, 3.8) is 0 Å². The largest absolute Gasteiger partial charge is 0.381 e. The molecule has 0 saturated carbocycles. The molecule has 0 fully saturated rings. The monoisotopic (exact) mass is 272 g/mol. The van der Waals surface area contributed by atoms with E-state index in [0.29, 0.717) is 5.69 Å². The molecule has 0 atom stereocenters. The van der Waals surface area contributed by atoms with Crippen LogP contribution in [0.25, 0.3) is 0 Å². The van der Waals surface area contributed by atoms with Crippen LogP contribution >= 0.6 is 0 Å². The number of rotatable bonds is 5. The molecule has 0 bridgehead atoms. The lowest BCUT2D eigenvalue weighted by atomic mass is 10.4. The quantitative estimate of drug-likeness (QED) is 0.807. The fraction of sp³-hybridized carbons (Fsp3) is 0.545. The number of nitrogen functional groups attached to an aromatic ring is 1. The molecule has 0 amide bonds. The number of nitrogens with two attached hydrogens (primary N) is 1. The molecule has 1 aromatic heterocycles. The smallest absolute Gasteiger partial charge is 0.249 e. The number of anilines is 1. The first kappa shape index (κ1) is 14.7. The maximum absolute atomic E-state index is 12.6. The van der Waals surface area contributed by atoms with Crippen LogP contribution in [-0.4, -0.2) is 35.1 Å². The minimum atomic E-state index is -3.65. The summed E-state index contributed by atoms with van der Waals surface area (Å²) in [6, 6.07) is -0.174. The highest BCUT2D eigenvalue weighted by molar-refractivity contribution is 7.89. The molecule has 0 aliphatic heterocycles. The SMILES string of the molecule is C=CCN(C(C)C)S(=O)(=O)c1c(N)nn(C)c1C. The normalized spacial score (nSPS) is 12.3. The van der Waals surface area contributed by atoms with Gasteiger partial charge < -0.3 is 5.73 Å². The lowest BCUT2D eigenvalue weighted by molar-refractivity contribution is 0.382. The summed E-state index contributed by atoms with van der Waals surface area (Å²) in [6.07, 6.45) is 1.56. The van der Waals surface area contributed by atoms with Crippen molar-refractivity contribution in [2.45, 2.75) is 31.7 Å². The first-order valence-corrected chi connectivity index (χ1v) is 7.09. The summed E-state index contributed by atoms with van der Waals surface area (Å²) in [6.45, 7) is 9.13. The van der Waals surface area contributed by atoms with Crippen molar-refractivity contribution in [3.8, 4) is 0 Å². The second kappa shape index (κ2) is 5.11. The van der Waals surface area contributed by atoms with Crippen molar-refractivity contribution in [1.82, 2.24) is 14.1 Å². The second-order valence-corrected chi connectivity index (χ2v) is 6.21. The lowest BCUT2D eigenvalue weighted by Gasteiger charge is -2.24. The van der Waals surface area contributed by atoms with Crippen molar-refractivity contribution in [2.75, 3.05) is 12.3 Å². The van der Waals surface area contributed by atoms with E-state index in [4.69, 9.17) is 5.73 Å². The Balaban J connectivity index is 3.40. The van der Waals surface area contributed by atoms with Gasteiger partial charge in [-0.05, 0) is 20.8 Å². The Morgan fingerprint density at radius 3 is 2.44 bits per heavy atom. The van der Waals surface area contributed by atoms with E-state index >= 15 is 0 Å². The molecule has 18 heavy (non-hydrogen) atoms. The van der Waals surface area contributed by atoms with Crippen LogP contribution < -0.4 is 5.73 Å². The fourth-order valence-electron chi connectivity index (χ4n) is 1.76. The van der Waals surface area contributed by atoms with Crippen LogP contribution in [0.2, 0.25) is 0 Å². The van der Waals surface area contributed by atoms with Gasteiger partial charge in [0.25, 0.3) is 0 Å². The van der Waals surface area contributed by atoms with Gasteiger partial charge in [0.05, 0.1) is 5.69 Å². The zero-order valence-electron chi connectivity index (χ0n) is 11.2. The molecule has 1 rings (SSSR count). The van der Waals surface area contributed by atoms with Gasteiger partial charge in [0.2, 0.25) is 10.0 Å². The number of nitrogens with zero attached hydrogens (tertiary/aromatic N) is 3. The summed E-state index contributed by atoms with van der Waals surface area (Å²) < 4.78 is 27.9. The second-order valence-electron chi connectivity index (χ2n) is 4.38. The van der Waals surface area contributed by atoms with E-state index in [0.717, 1.165) is 0 Å². The van der Waals surface area contributed by atoms with Gasteiger partial charge in [-0.25, -0.2) is 8.42 Å². The summed E-state index contributed by atoms with van der Waals surface area (Å²) >= 11 is 0. The van der Waals surface area contributed by atoms with Gasteiger partial charge in [-0.2, -0.15) is 9.40 Å². The van der Waals surface area contributed by atoms with E-state index in [2.05, 4.69) is 11.7 Å². The molecule has 0 spiro atoms. The fourth-order valence-corrected chi connectivity index (χ4v) is 3.67. The first-order chi connectivity index (χ1) is 8.23. The van der Waals surface area contributed by atoms with E-state index in [1.807, 2.05) is 13.8 Å². The minimum Gasteiger partial charge on any atom is -0.381 e. The maximum atomic E-state index is 12.6. The highest BCUT2D eigenvalue weighted by atomic mass is 32.2. The van der Waals surface area contributed by atoms with Crippen molar-refractivity contribution < 1.29 is 8.42 Å². The summed E-state index contributed by atoms with van der Waals surface area (Å²) in [5.41, 5.74) is 6.23. The predicted molar refractivity (Wildman–Crippen MR) is 71.6 cm³/mol. The van der Waals surface area contributed by atoms with Gasteiger partial charge in [-0.3, -0.25) is 4.68 Å². The number of hydrogen-bond acceptors (Lipinski definition) is 4. The van der Waals surface area contributed by atoms with Crippen LogP contribution in [0.4, 0.5) is 5.82 Å². The Bertz CT molecular complexity index is 546. The Kier molecular flexibility index (Phi) is 4.18. The van der Waals surface area contributed by atoms with E-state index < -0.39 is 10.0 Å². The minimum absolute atomic E-state index is 0.0321. The molecule has 1 heterocycles. The maximum Gasteiger partial charge on any atom is 0.249 e. The number of aromatic nitrogens is 2. The third-order valence-corrected chi connectivity index (χ3v) is 4.96. The molecule has 6 nitrogen and oxygen atoms in total. The number of hydrogen-bond donors (Lipinski definition) is 1. The lowest BCUT2D eigenvalue weighted by Crippen LogP contribution is -2.37. The van der Waals surface area contributed by atoms with E-state index in [9.17, 15) is 8.42 Å². The van der Waals surface area contributed by atoms with Crippen molar-refractivity contribution >= 4 is 15.8 Å². The van der Waals surface area contributed by atoms with Crippen LogP contribution in [0.5, 0.6) is 0 Å². The van der Waals surface area contributed by atoms with Crippen LogP contribution in [0.3, 0.4) is 0 Å². The zero-order chi connectivity index (χ0) is 14.1. The highest BCUT2D eigenvalue weighted by Gasteiger charge is 2.31. The molecular formula is C11H20N4O2S. The van der Waals surface area contributed by atoms with Crippen molar-refractivity contribution in [1.29, 1.82) is 0 Å². The molecule has 0 aliphatic rings. The Labute approximate surface area is 108 Å². The predicted octanol–water partition coefficient (Wildman–Crippen LogP) is 0.896. The van der Waals surface area contributed by atoms with Crippen LogP contribution in [0.15, 0.2) is 17.6 Å². The highest BCUT2D eigenvalue weighted by Crippen LogP contribution is 2.26. The van der Waals surface area contributed by atoms with Gasteiger partial charge in [0, 0.05) is 19.6 Å². The number of aryl methyl sites for hydroxylation is 1. The molecule has 7 heteroatoms. The molecule has 1 aromatic rings. The van der Waals surface area contributed by atoms with Crippen LogP contribution in [0.1, 0.15) is 19.5 Å². The summed E-state index contributed by atoms with van der Waals surface area (Å²) in [7, 11) is -1.98. The van der Waals surface area contributed by atoms with Gasteiger partial charge in [-0.15, -0.1) is 6.58 Å². The molecule has 0 unspecified atom stereocenters. The third kappa shape index (κ3) is 2.41. The van der Waals surface area contributed by atoms with E-state index in [1.54, 1.807) is 20.0 Å². The molecule has 2 N–H and O–H groups in total. The summed E-state index contributed by atoms with van der Waals surface area (Å²) in [4.78, 5) is 0.0838. The van der Waals surface area contributed by atoms with Gasteiger partial charge in [0.15, 0.2) is 5.82 Å². The van der Waals surface area contributed by atoms with Crippen LogP contribution in [-0.2, 0) is 17.1 Å². The van der Waals surface area contributed by atoms with Gasteiger partial charge >= 0.3 is 0 Å². The molecule has 0 aliphatic carbocycles. The average Bonchev–Trinajstić information content (AvgIpc) is 2.49. The topological polar surface area (TPSA) is 81.2 Å². The summed E-state index contributed by atoms with van der Waals surface area (Å²) in [5, 5.41) is 3.94. The molecule has 0 aromatic carbocycles. The average molecular weight is 272 g/mol. The number of sulfonamides is 1. The van der Waals surface area contributed by atoms with Gasteiger partial charge in [-0.1, -0.05) is 6.08 Å². The van der Waals surface area contributed by atoms with Gasteiger partial charge in [0.1, 0.15) is 4.90 Å². The molecule has 102 valence electrons. The first-order valence-electron chi connectivity index (χ1n) is 5.65. The Hall–Kier alpha value is -1.34. The molecule has 0 saturated heterocycles. The van der Waals surface area contributed by atoms with Crippen LogP contribution in [0, 0.1) is 6.92 Å². The zero-order valence-corrected chi connectivity index (χ0v) is 12.0.